The molecule has 88 valence electrons. The number of carbonyl (C=O) groups is 1. The molecule has 1 rings (SSSR count). The van der Waals surface area contributed by atoms with Crippen LogP contribution in [-0.4, -0.2) is 48.7 Å². The van der Waals surface area contributed by atoms with Gasteiger partial charge < -0.3 is 15.3 Å². The maximum absolute atomic E-state index is 11.1. The number of nitrogens with one attached hydrogen (secondary N) is 1. The Labute approximate surface area is 91.6 Å². The first-order valence-corrected chi connectivity index (χ1v) is 5.78. The van der Waals surface area contributed by atoms with E-state index in [1.54, 1.807) is 7.05 Å². The fourth-order valence-corrected chi connectivity index (χ4v) is 2.08. The number of hydrogen-bond acceptors (Lipinski definition) is 3. The van der Waals surface area contributed by atoms with Crippen molar-refractivity contribution in [1.82, 2.24) is 10.2 Å². The van der Waals surface area contributed by atoms with E-state index in [1.807, 2.05) is 0 Å². The average Bonchev–Trinajstić information content (AvgIpc) is 2.27. The maximum atomic E-state index is 11.1. The minimum atomic E-state index is -0.147. The molecule has 0 saturated carbocycles. The topological polar surface area (TPSA) is 52.6 Å². The molecule has 1 aliphatic heterocycles. The third-order valence-corrected chi connectivity index (χ3v) is 3.24. The average molecular weight is 214 g/mol. The molecule has 0 aromatic carbocycles. The SMILES string of the molecule is CCC1CN(CCC(=O)NC)CCC1O. The first kappa shape index (κ1) is 12.5. The molecular formula is C11H22N2O2. The van der Waals surface area contributed by atoms with E-state index in [0.29, 0.717) is 12.3 Å². The highest BCUT2D eigenvalue weighted by Gasteiger charge is 2.26. The van der Waals surface area contributed by atoms with Crippen LogP contribution in [0.25, 0.3) is 0 Å². The summed E-state index contributed by atoms with van der Waals surface area (Å²) in [5, 5.41) is 12.3. The lowest BCUT2D eigenvalue weighted by molar-refractivity contribution is -0.121. The van der Waals surface area contributed by atoms with Crippen LogP contribution in [-0.2, 0) is 4.79 Å². The van der Waals surface area contributed by atoms with Crippen molar-refractivity contribution in [2.75, 3.05) is 26.7 Å². The normalized spacial score (nSPS) is 27.7. The molecule has 2 unspecified atom stereocenters. The second kappa shape index (κ2) is 6.08. The van der Waals surface area contributed by atoms with Gasteiger partial charge in [0, 0.05) is 33.1 Å². The molecule has 1 heterocycles. The van der Waals surface area contributed by atoms with E-state index >= 15 is 0 Å². The number of aliphatic hydroxyl groups is 1. The zero-order valence-corrected chi connectivity index (χ0v) is 9.70. The van der Waals surface area contributed by atoms with Gasteiger partial charge >= 0.3 is 0 Å². The molecule has 0 bridgehead atoms. The number of nitrogens with zero attached hydrogens (tertiary/aromatic N) is 1. The van der Waals surface area contributed by atoms with Gasteiger partial charge in [0.05, 0.1) is 6.10 Å². The predicted molar refractivity (Wildman–Crippen MR) is 59.5 cm³/mol. The Morgan fingerprint density at radius 3 is 2.93 bits per heavy atom. The molecular weight excluding hydrogens is 192 g/mol. The summed E-state index contributed by atoms with van der Waals surface area (Å²) in [5.74, 6) is 0.470. The first-order chi connectivity index (χ1) is 7.17. The van der Waals surface area contributed by atoms with E-state index in [0.717, 1.165) is 32.5 Å². The van der Waals surface area contributed by atoms with Gasteiger partial charge in [-0.15, -0.1) is 0 Å². The van der Waals surface area contributed by atoms with E-state index in [9.17, 15) is 9.90 Å². The van der Waals surface area contributed by atoms with Gasteiger partial charge in [0.15, 0.2) is 0 Å². The van der Waals surface area contributed by atoms with Crippen molar-refractivity contribution < 1.29 is 9.90 Å². The van der Waals surface area contributed by atoms with Crippen molar-refractivity contribution in [2.45, 2.75) is 32.3 Å². The molecule has 1 amide bonds. The van der Waals surface area contributed by atoms with Gasteiger partial charge in [-0.1, -0.05) is 6.92 Å². The van der Waals surface area contributed by atoms with Crippen molar-refractivity contribution in [3.05, 3.63) is 0 Å². The lowest BCUT2D eigenvalue weighted by Crippen LogP contribution is -2.44. The monoisotopic (exact) mass is 214 g/mol. The molecule has 2 N–H and O–H groups in total. The Balaban J connectivity index is 2.29. The maximum Gasteiger partial charge on any atom is 0.221 e. The fourth-order valence-electron chi connectivity index (χ4n) is 2.08. The molecule has 2 atom stereocenters. The first-order valence-electron chi connectivity index (χ1n) is 5.78. The highest BCUT2D eigenvalue weighted by molar-refractivity contribution is 5.75. The standard InChI is InChI=1S/C11H22N2O2/c1-3-9-8-13(6-4-10(9)14)7-5-11(15)12-2/h9-10,14H,3-8H2,1-2H3,(H,12,15). The molecule has 1 saturated heterocycles. The zero-order chi connectivity index (χ0) is 11.3. The molecule has 0 aromatic heterocycles. The van der Waals surface area contributed by atoms with Gasteiger partial charge in [-0.2, -0.15) is 0 Å². The van der Waals surface area contributed by atoms with Crippen LogP contribution in [0, 0.1) is 5.92 Å². The summed E-state index contributed by atoms with van der Waals surface area (Å²) in [4.78, 5) is 13.4. The molecule has 4 nitrogen and oxygen atoms in total. The van der Waals surface area contributed by atoms with Crippen LogP contribution in [0.4, 0.5) is 0 Å². The van der Waals surface area contributed by atoms with Crippen molar-refractivity contribution in [3.63, 3.8) is 0 Å². The Hall–Kier alpha value is -0.610. The van der Waals surface area contributed by atoms with Gasteiger partial charge in [0.2, 0.25) is 5.91 Å². The van der Waals surface area contributed by atoms with Gasteiger partial charge in [0.25, 0.3) is 0 Å². The highest BCUT2D eigenvalue weighted by atomic mass is 16.3. The fraction of sp³-hybridized carbons (Fsp3) is 0.909. The summed E-state index contributed by atoms with van der Waals surface area (Å²) >= 11 is 0. The molecule has 15 heavy (non-hydrogen) atoms. The lowest BCUT2D eigenvalue weighted by atomic mass is 9.92. The predicted octanol–water partition coefficient (Wildman–Crippen LogP) is 0.215. The molecule has 0 aliphatic carbocycles. The van der Waals surface area contributed by atoms with Gasteiger partial charge in [-0.25, -0.2) is 0 Å². The number of piperidine rings is 1. The minimum Gasteiger partial charge on any atom is -0.393 e. The van der Waals surface area contributed by atoms with Crippen LogP contribution in [0.1, 0.15) is 26.2 Å². The van der Waals surface area contributed by atoms with Crippen LogP contribution in [0.2, 0.25) is 0 Å². The Morgan fingerprint density at radius 1 is 1.60 bits per heavy atom. The number of rotatable bonds is 4. The van der Waals surface area contributed by atoms with Crippen LogP contribution in [0.5, 0.6) is 0 Å². The largest absolute Gasteiger partial charge is 0.393 e. The number of hydrogen-bond donors (Lipinski definition) is 2. The van der Waals surface area contributed by atoms with E-state index in [2.05, 4.69) is 17.1 Å². The van der Waals surface area contributed by atoms with Crippen LogP contribution in [0.3, 0.4) is 0 Å². The molecule has 1 aliphatic rings. The lowest BCUT2D eigenvalue weighted by Gasteiger charge is -2.35. The van der Waals surface area contributed by atoms with Crippen LogP contribution < -0.4 is 5.32 Å². The second-order valence-electron chi connectivity index (χ2n) is 4.25. The van der Waals surface area contributed by atoms with E-state index in [1.165, 1.54) is 0 Å². The summed E-state index contributed by atoms with van der Waals surface area (Å²) in [6, 6.07) is 0. The third-order valence-electron chi connectivity index (χ3n) is 3.24. The molecule has 0 radical (unpaired) electrons. The van der Waals surface area contributed by atoms with Crippen LogP contribution in [0.15, 0.2) is 0 Å². The second-order valence-corrected chi connectivity index (χ2v) is 4.25. The number of carbonyl (C=O) groups excluding carboxylic acids is 1. The number of likely N-dealkylation sites (tertiary alicyclic amines) is 1. The van der Waals surface area contributed by atoms with Gasteiger partial charge in [-0.05, 0) is 18.8 Å². The molecule has 1 fully saturated rings. The highest BCUT2D eigenvalue weighted by Crippen LogP contribution is 2.19. The van der Waals surface area contributed by atoms with Crippen molar-refractivity contribution in [2.24, 2.45) is 5.92 Å². The smallest absolute Gasteiger partial charge is 0.221 e. The quantitative estimate of drug-likeness (QED) is 0.703. The molecule has 0 aromatic rings. The number of amides is 1. The third kappa shape index (κ3) is 3.80. The summed E-state index contributed by atoms with van der Waals surface area (Å²) in [6.45, 7) is 4.75. The zero-order valence-electron chi connectivity index (χ0n) is 9.70. The summed E-state index contributed by atoms with van der Waals surface area (Å²) in [7, 11) is 1.66. The summed E-state index contributed by atoms with van der Waals surface area (Å²) < 4.78 is 0. The van der Waals surface area contributed by atoms with Crippen molar-refractivity contribution >= 4 is 5.91 Å². The van der Waals surface area contributed by atoms with E-state index in [-0.39, 0.29) is 12.0 Å². The molecule has 0 spiro atoms. The minimum absolute atomic E-state index is 0.0918. The van der Waals surface area contributed by atoms with Gasteiger partial charge in [0.1, 0.15) is 0 Å². The van der Waals surface area contributed by atoms with Crippen LogP contribution >= 0.6 is 0 Å². The Morgan fingerprint density at radius 2 is 2.33 bits per heavy atom. The summed E-state index contributed by atoms with van der Waals surface area (Å²) in [6.07, 6.45) is 2.26. The Bertz CT molecular complexity index is 209. The van der Waals surface area contributed by atoms with E-state index in [4.69, 9.17) is 0 Å². The summed E-state index contributed by atoms with van der Waals surface area (Å²) in [5.41, 5.74) is 0. The Kier molecular flexibility index (Phi) is 5.05. The van der Waals surface area contributed by atoms with Crippen molar-refractivity contribution in [3.8, 4) is 0 Å². The van der Waals surface area contributed by atoms with Gasteiger partial charge in [-0.3, -0.25) is 4.79 Å². The molecule has 4 heteroatoms. The number of aliphatic hydroxyl groups excluding tert-OH is 1. The van der Waals surface area contributed by atoms with E-state index < -0.39 is 0 Å². The van der Waals surface area contributed by atoms with Crippen molar-refractivity contribution in [1.29, 1.82) is 0 Å².